The number of carbonyl (C=O) groups excluding carboxylic acids is 2. The topological polar surface area (TPSA) is 118 Å². The highest BCUT2D eigenvalue weighted by Crippen LogP contribution is 2.40. The number of nitrogens with zero attached hydrogens (tertiary/aromatic N) is 3. The first kappa shape index (κ1) is 23.1. The summed E-state index contributed by atoms with van der Waals surface area (Å²) in [5.41, 5.74) is 4.49. The van der Waals surface area contributed by atoms with Crippen LogP contribution in [0.2, 0.25) is 0 Å². The quantitative estimate of drug-likeness (QED) is 0.469. The van der Waals surface area contributed by atoms with Crippen molar-refractivity contribution in [3.8, 4) is 5.75 Å². The third-order valence-corrected chi connectivity index (χ3v) is 6.99. The Balaban J connectivity index is 1.24. The van der Waals surface area contributed by atoms with Crippen molar-refractivity contribution in [3.63, 3.8) is 0 Å². The van der Waals surface area contributed by atoms with E-state index in [1.54, 1.807) is 24.9 Å². The molecule has 1 unspecified atom stereocenters. The van der Waals surface area contributed by atoms with Gasteiger partial charge in [0.05, 0.1) is 11.7 Å². The number of benzene rings is 2. The van der Waals surface area contributed by atoms with Gasteiger partial charge in [-0.15, -0.1) is 0 Å². The van der Waals surface area contributed by atoms with E-state index in [9.17, 15) is 9.59 Å². The Morgan fingerprint density at radius 3 is 2.73 bits per heavy atom. The zero-order valence-electron chi connectivity index (χ0n) is 21.1. The van der Waals surface area contributed by atoms with Crippen molar-refractivity contribution < 1.29 is 19.1 Å². The molecule has 10 nitrogen and oxygen atoms in total. The lowest BCUT2D eigenvalue weighted by molar-refractivity contribution is -0.132. The third-order valence-electron chi connectivity index (χ3n) is 6.99. The van der Waals surface area contributed by atoms with E-state index in [4.69, 9.17) is 9.47 Å². The third kappa shape index (κ3) is 3.98. The second-order valence-corrected chi connectivity index (χ2v) is 10.0. The first-order valence-electron chi connectivity index (χ1n) is 12.3. The van der Waals surface area contributed by atoms with Crippen LogP contribution in [0.4, 0.5) is 33.6 Å². The SMILES string of the molecule is CCN1C(=O)C(C)(C)Oc2ccc(Nc3nc(Nc4ccc5c(c4)[C@@H]4NC(=O)OC4C5)ncc3C)cc21. The maximum absolute atomic E-state index is 12.9. The summed E-state index contributed by atoms with van der Waals surface area (Å²) in [6.07, 6.45) is 1.92. The van der Waals surface area contributed by atoms with E-state index in [1.165, 1.54) is 0 Å². The smallest absolute Gasteiger partial charge is 0.408 e. The predicted octanol–water partition coefficient (Wildman–Crippen LogP) is 4.50. The number of alkyl carbamates (subject to hydrolysis) is 1. The van der Waals surface area contributed by atoms with E-state index < -0.39 is 5.60 Å². The monoisotopic (exact) mass is 500 g/mol. The van der Waals surface area contributed by atoms with E-state index in [0.29, 0.717) is 30.5 Å². The first-order chi connectivity index (χ1) is 17.7. The minimum Gasteiger partial charge on any atom is -0.476 e. The maximum atomic E-state index is 12.9. The largest absolute Gasteiger partial charge is 0.476 e. The van der Waals surface area contributed by atoms with Crippen molar-refractivity contribution in [1.29, 1.82) is 0 Å². The lowest BCUT2D eigenvalue weighted by atomic mass is 10.0. The van der Waals surface area contributed by atoms with Gasteiger partial charge in [0, 0.05) is 36.1 Å². The van der Waals surface area contributed by atoms with Crippen molar-refractivity contribution in [2.24, 2.45) is 0 Å². The number of likely N-dealkylation sites (N-methyl/N-ethyl adjacent to an activating group) is 1. The predicted molar refractivity (Wildman–Crippen MR) is 139 cm³/mol. The van der Waals surface area contributed by atoms with E-state index in [2.05, 4.69) is 25.9 Å². The summed E-state index contributed by atoms with van der Waals surface area (Å²) in [4.78, 5) is 35.3. The second-order valence-electron chi connectivity index (χ2n) is 10.0. The summed E-state index contributed by atoms with van der Waals surface area (Å²) in [7, 11) is 0. The number of carbonyl (C=O) groups is 2. The lowest BCUT2D eigenvalue weighted by Crippen LogP contribution is -2.52. The Bertz CT molecular complexity index is 1440. The molecule has 0 saturated carbocycles. The van der Waals surface area contributed by atoms with Crippen molar-refractivity contribution in [1.82, 2.24) is 15.3 Å². The number of nitrogens with one attached hydrogen (secondary N) is 3. The summed E-state index contributed by atoms with van der Waals surface area (Å²) in [5, 5.41) is 9.51. The van der Waals surface area contributed by atoms with Gasteiger partial charge < -0.3 is 30.3 Å². The van der Waals surface area contributed by atoms with Crippen LogP contribution < -0.4 is 25.6 Å². The number of anilines is 5. The molecule has 3 aliphatic rings. The molecule has 190 valence electrons. The molecule has 2 amide bonds. The fourth-order valence-electron chi connectivity index (χ4n) is 5.12. The molecular formula is C27H28N6O4. The van der Waals surface area contributed by atoms with Crippen LogP contribution in [0.15, 0.2) is 42.6 Å². The fraction of sp³-hybridized carbons (Fsp3) is 0.333. The van der Waals surface area contributed by atoms with Crippen LogP contribution >= 0.6 is 0 Å². The van der Waals surface area contributed by atoms with Gasteiger partial charge in [0.2, 0.25) is 5.95 Å². The van der Waals surface area contributed by atoms with Gasteiger partial charge in [0.25, 0.3) is 5.91 Å². The summed E-state index contributed by atoms with van der Waals surface area (Å²) < 4.78 is 11.3. The molecule has 1 aliphatic carbocycles. The molecule has 6 rings (SSSR count). The molecule has 3 heterocycles. The number of hydrogen-bond acceptors (Lipinski definition) is 8. The van der Waals surface area contributed by atoms with Gasteiger partial charge >= 0.3 is 6.09 Å². The molecule has 37 heavy (non-hydrogen) atoms. The number of amides is 2. The Labute approximate surface area is 214 Å². The van der Waals surface area contributed by atoms with Crippen LogP contribution in [-0.2, 0) is 16.0 Å². The summed E-state index contributed by atoms with van der Waals surface area (Å²) >= 11 is 0. The molecule has 3 N–H and O–H groups in total. The molecule has 3 aromatic rings. The minimum absolute atomic E-state index is 0.0752. The van der Waals surface area contributed by atoms with Gasteiger partial charge in [-0.2, -0.15) is 4.98 Å². The Hall–Kier alpha value is -4.34. The molecule has 0 spiro atoms. The van der Waals surface area contributed by atoms with E-state index in [0.717, 1.165) is 33.8 Å². The number of fused-ring (bicyclic) bond motifs is 4. The van der Waals surface area contributed by atoms with E-state index >= 15 is 0 Å². The molecule has 0 radical (unpaired) electrons. The van der Waals surface area contributed by atoms with E-state index in [-0.39, 0.29) is 24.1 Å². The second kappa shape index (κ2) is 8.36. The van der Waals surface area contributed by atoms with Crippen LogP contribution in [-0.4, -0.2) is 40.2 Å². The normalized spacial score (nSPS) is 20.8. The fourth-order valence-corrected chi connectivity index (χ4v) is 5.12. The highest BCUT2D eigenvalue weighted by atomic mass is 16.6. The average Bonchev–Trinajstić information content (AvgIpc) is 3.38. The molecule has 1 saturated heterocycles. The minimum atomic E-state index is -0.906. The van der Waals surface area contributed by atoms with Gasteiger partial charge in [-0.25, -0.2) is 9.78 Å². The Kier molecular flexibility index (Phi) is 5.22. The number of aromatic nitrogens is 2. The Morgan fingerprint density at radius 2 is 1.92 bits per heavy atom. The van der Waals surface area contributed by atoms with Crippen LogP contribution in [0.3, 0.4) is 0 Å². The summed E-state index contributed by atoms with van der Waals surface area (Å²) in [6, 6.07) is 11.6. The molecule has 2 atom stereocenters. The molecule has 10 heteroatoms. The number of ether oxygens (including phenoxy) is 2. The Morgan fingerprint density at radius 1 is 1.14 bits per heavy atom. The van der Waals surface area contributed by atoms with Crippen molar-refractivity contribution in [3.05, 3.63) is 59.3 Å². The van der Waals surface area contributed by atoms with Crippen molar-refractivity contribution in [2.45, 2.75) is 51.9 Å². The summed E-state index contributed by atoms with van der Waals surface area (Å²) in [5.74, 6) is 1.67. The number of aryl methyl sites for hydroxylation is 1. The highest BCUT2D eigenvalue weighted by Gasteiger charge is 2.42. The molecule has 1 aromatic heterocycles. The van der Waals surface area contributed by atoms with Gasteiger partial charge in [-0.3, -0.25) is 4.79 Å². The van der Waals surface area contributed by atoms with Crippen molar-refractivity contribution >= 4 is 40.8 Å². The molecule has 0 bridgehead atoms. The zero-order valence-corrected chi connectivity index (χ0v) is 21.1. The molecule has 2 aromatic carbocycles. The zero-order chi connectivity index (χ0) is 25.9. The van der Waals surface area contributed by atoms with E-state index in [1.807, 2.05) is 50.2 Å². The van der Waals surface area contributed by atoms with Gasteiger partial charge in [0.1, 0.15) is 17.7 Å². The van der Waals surface area contributed by atoms with Crippen LogP contribution in [0.1, 0.15) is 43.5 Å². The number of hydrogen-bond donors (Lipinski definition) is 3. The van der Waals surface area contributed by atoms with Crippen molar-refractivity contribution in [2.75, 3.05) is 22.1 Å². The summed E-state index contributed by atoms with van der Waals surface area (Å²) in [6.45, 7) is 7.98. The van der Waals surface area contributed by atoms with Gasteiger partial charge in [-0.05, 0) is 69.2 Å². The number of rotatable bonds is 5. The van der Waals surface area contributed by atoms with Crippen LogP contribution in [0.5, 0.6) is 5.75 Å². The highest BCUT2D eigenvalue weighted by molar-refractivity contribution is 6.02. The standard InChI is InChI=1S/C27H28N6O4/c1-5-33-19-12-17(8-9-20(19)37-27(3,4)24(33)34)29-23-14(2)13-28-25(32-23)30-16-7-6-15-10-21-22(18(15)11-16)31-26(35)36-21/h6-9,11-13,21-22H,5,10H2,1-4H3,(H,31,35)(H2,28,29,30,32)/t21?,22-/m0/s1. The first-order valence-corrected chi connectivity index (χ1v) is 12.3. The van der Waals surface area contributed by atoms with Crippen LogP contribution in [0, 0.1) is 6.92 Å². The molecule has 1 fully saturated rings. The maximum Gasteiger partial charge on any atom is 0.408 e. The van der Waals surface area contributed by atoms with Gasteiger partial charge in [-0.1, -0.05) is 6.07 Å². The van der Waals surface area contributed by atoms with Gasteiger partial charge in [0.15, 0.2) is 5.60 Å². The average molecular weight is 501 g/mol. The van der Waals surface area contributed by atoms with Crippen LogP contribution in [0.25, 0.3) is 0 Å². The molecule has 2 aliphatic heterocycles. The molecular weight excluding hydrogens is 472 g/mol. The lowest BCUT2D eigenvalue weighted by Gasteiger charge is -2.38.